The molecule has 4 aliphatic rings. The second-order valence-electron chi connectivity index (χ2n) is 9.89. The second-order valence-corrected chi connectivity index (χ2v) is 9.89. The van der Waals surface area contributed by atoms with Crippen molar-refractivity contribution < 1.29 is 39.4 Å². The van der Waals surface area contributed by atoms with E-state index in [0.717, 1.165) is 17.6 Å². The summed E-state index contributed by atoms with van der Waals surface area (Å²) in [6.45, 7) is 4.01. The Morgan fingerprint density at radius 3 is 2.75 bits per heavy atom. The third kappa shape index (κ3) is 3.52. The van der Waals surface area contributed by atoms with Crippen LogP contribution in [0, 0.1) is 11.8 Å². The summed E-state index contributed by atoms with van der Waals surface area (Å²) in [6.07, 6.45) is -3.53. The maximum Gasteiger partial charge on any atom is 0.253 e. The first-order valence-corrected chi connectivity index (χ1v) is 12.3. The number of aliphatic hydroxyl groups excluding tert-OH is 4. The van der Waals surface area contributed by atoms with Crippen LogP contribution in [0.25, 0.3) is 10.9 Å². The Labute approximate surface area is 207 Å². The van der Waals surface area contributed by atoms with Gasteiger partial charge in [-0.3, -0.25) is 4.79 Å². The first-order valence-electron chi connectivity index (χ1n) is 12.3. The van der Waals surface area contributed by atoms with Gasteiger partial charge in [0.05, 0.1) is 24.5 Å². The number of fused-ring (bicyclic) bond motifs is 6. The molecule has 10 nitrogen and oxygen atoms in total. The SMILES string of the molecule is C=CC1C(O[C@@H]2O[C@H](CO)[C@@H](O)[C@@H](O)[C@H]2O)OC=C2C(=O)N3CCc4c([nH]c5ccccc45)[C@H]3C[C@H]21. The average Bonchev–Trinajstić information content (AvgIpc) is 3.28. The van der Waals surface area contributed by atoms with E-state index in [-0.39, 0.29) is 17.9 Å². The molecule has 2 fully saturated rings. The summed E-state index contributed by atoms with van der Waals surface area (Å²) in [5.41, 5.74) is 3.89. The molecule has 9 atom stereocenters. The van der Waals surface area contributed by atoms with Gasteiger partial charge in [-0.2, -0.15) is 0 Å². The van der Waals surface area contributed by atoms with Crippen LogP contribution in [0.4, 0.5) is 0 Å². The minimum Gasteiger partial charge on any atom is -0.471 e. The van der Waals surface area contributed by atoms with Crippen LogP contribution in [0.1, 0.15) is 23.7 Å². The Balaban J connectivity index is 1.28. The molecule has 0 bridgehead atoms. The number of hydrogen-bond donors (Lipinski definition) is 5. The van der Waals surface area contributed by atoms with Crippen LogP contribution in [0.3, 0.4) is 0 Å². The highest BCUT2D eigenvalue weighted by Crippen LogP contribution is 2.48. The average molecular weight is 499 g/mol. The number of H-pyrrole nitrogens is 1. The van der Waals surface area contributed by atoms with Gasteiger partial charge < -0.3 is 44.5 Å². The number of aromatic nitrogens is 1. The van der Waals surface area contributed by atoms with Crippen LogP contribution in [0.2, 0.25) is 0 Å². The molecule has 2 saturated heterocycles. The van der Waals surface area contributed by atoms with Crippen molar-refractivity contribution in [1.82, 2.24) is 9.88 Å². The minimum absolute atomic E-state index is 0.0845. The lowest BCUT2D eigenvalue weighted by Crippen LogP contribution is -2.60. The molecule has 2 aromatic rings. The number of carbonyl (C=O) groups is 1. The third-order valence-electron chi connectivity index (χ3n) is 8.04. The van der Waals surface area contributed by atoms with Crippen LogP contribution in [0.5, 0.6) is 0 Å². The van der Waals surface area contributed by atoms with Gasteiger partial charge in [-0.05, 0) is 24.5 Å². The molecule has 0 saturated carbocycles. The van der Waals surface area contributed by atoms with Crippen LogP contribution >= 0.6 is 0 Å². The molecule has 0 aliphatic carbocycles. The molecule has 1 aromatic carbocycles. The lowest BCUT2D eigenvalue weighted by atomic mass is 9.74. The highest BCUT2D eigenvalue weighted by atomic mass is 16.8. The third-order valence-corrected chi connectivity index (χ3v) is 8.04. The number of amides is 1. The van der Waals surface area contributed by atoms with E-state index in [4.69, 9.17) is 14.2 Å². The van der Waals surface area contributed by atoms with E-state index in [1.807, 2.05) is 23.1 Å². The standard InChI is InChI=1S/C26H30N2O8/c1-2-12-15-9-18-20-14(13-5-3-4-6-17(13)27-20)7-8-28(18)24(33)16(15)11-34-25(12)36-26-23(32)22(31)21(30)19(10-29)35-26/h2-6,11-12,15,18-19,21-23,25-27,29-32H,1,7-10H2/t12?,15-,18+,19+,21+,22+,23+,25?,26-/m0/s1. The van der Waals surface area contributed by atoms with Crippen LogP contribution in [0.15, 0.2) is 48.8 Å². The number of aromatic amines is 1. The topological polar surface area (TPSA) is 145 Å². The molecule has 0 spiro atoms. The van der Waals surface area contributed by atoms with Gasteiger partial charge in [-0.1, -0.05) is 24.3 Å². The number of benzene rings is 1. The number of hydrogen-bond acceptors (Lipinski definition) is 8. The molecule has 36 heavy (non-hydrogen) atoms. The number of nitrogens with one attached hydrogen (secondary N) is 1. The molecule has 10 heteroatoms. The van der Waals surface area contributed by atoms with Gasteiger partial charge in [-0.25, -0.2) is 0 Å². The zero-order chi connectivity index (χ0) is 25.1. The maximum absolute atomic E-state index is 13.5. The number of piperidine rings is 1. The van der Waals surface area contributed by atoms with Gasteiger partial charge in [0.15, 0.2) is 6.29 Å². The molecule has 5 N–H and O–H groups in total. The largest absolute Gasteiger partial charge is 0.471 e. The van der Waals surface area contributed by atoms with Gasteiger partial charge in [0.1, 0.15) is 24.4 Å². The van der Waals surface area contributed by atoms with Gasteiger partial charge in [0.25, 0.3) is 5.91 Å². The van der Waals surface area contributed by atoms with Crippen molar-refractivity contribution in [2.24, 2.45) is 11.8 Å². The van der Waals surface area contributed by atoms with E-state index in [0.29, 0.717) is 18.5 Å². The summed E-state index contributed by atoms with van der Waals surface area (Å²) >= 11 is 0. The van der Waals surface area contributed by atoms with Crippen molar-refractivity contribution in [3.8, 4) is 0 Å². The Bertz CT molecular complexity index is 1210. The van der Waals surface area contributed by atoms with E-state index in [1.165, 1.54) is 17.2 Å². The van der Waals surface area contributed by atoms with Crippen LogP contribution in [-0.4, -0.2) is 86.4 Å². The molecule has 5 heterocycles. The van der Waals surface area contributed by atoms with Gasteiger partial charge in [0, 0.05) is 35.0 Å². The normalized spacial score (nSPS) is 38.0. The number of ether oxygens (including phenoxy) is 3. The summed E-state index contributed by atoms with van der Waals surface area (Å²) in [4.78, 5) is 19.0. The number of nitrogens with zero attached hydrogens (tertiary/aromatic N) is 1. The van der Waals surface area contributed by atoms with Crippen molar-refractivity contribution in [2.45, 2.75) is 55.9 Å². The maximum atomic E-state index is 13.5. The monoisotopic (exact) mass is 498 g/mol. The number of aliphatic hydroxyl groups is 4. The zero-order valence-electron chi connectivity index (χ0n) is 19.6. The Morgan fingerprint density at radius 1 is 1.17 bits per heavy atom. The molecule has 2 unspecified atom stereocenters. The Kier molecular flexibility index (Phi) is 5.90. The van der Waals surface area contributed by atoms with Crippen LogP contribution < -0.4 is 0 Å². The van der Waals surface area contributed by atoms with E-state index < -0.39 is 49.5 Å². The van der Waals surface area contributed by atoms with E-state index >= 15 is 0 Å². The van der Waals surface area contributed by atoms with Crippen molar-refractivity contribution in [1.29, 1.82) is 0 Å². The number of rotatable bonds is 4. The molecule has 0 radical (unpaired) electrons. The van der Waals surface area contributed by atoms with E-state index in [1.54, 1.807) is 6.08 Å². The quantitative estimate of drug-likeness (QED) is 0.383. The van der Waals surface area contributed by atoms with Gasteiger partial charge in [0.2, 0.25) is 6.29 Å². The highest BCUT2D eigenvalue weighted by Gasteiger charge is 2.51. The van der Waals surface area contributed by atoms with E-state index in [9.17, 15) is 25.2 Å². The fraction of sp³-hybridized carbons (Fsp3) is 0.500. The Morgan fingerprint density at radius 2 is 1.97 bits per heavy atom. The van der Waals surface area contributed by atoms with Crippen molar-refractivity contribution >= 4 is 16.8 Å². The fourth-order valence-corrected chi connectivity index (χ4v) is 6.13. The summed E-state index contributed by atoms with van der Waals surface area (Å²) in [6, 6.07) is 8.01. The second kappa shape index (κ2) is 8.98. The molecular formula is C26H30N2O8. The molecule has 192 valence electrons. The summed E-state index contributed by atoms with van der Waals surface area (Å²) in [5.74, 6) is -0.783. The van der Waals surface area contributed by atoms with Gasteiger partial charge >= 0.3 is 0 Å². The van der Waals surface area contributed by atoms with Gasteiger partial charge in [-0.15, -0.1) is 6.58 Å². The summed E-state index contributed by atoms with van der Waals surface area (Å²) in [5, 5.41) is 41.3. The number of para-hydroxylation sites is 1. The van der Waals surface area contributed by atoms with E-state index in [2.05, 4.69) is 17.6 Å². The lowest BCUT2D eigenvalue weighted by Gasteiger charge is -2.48. The molecule has 4 aliphatic heterocycles. The zero-order valence-corrected chi connectivity index (χ0v) is 19.6. The molecule has 1 amide bonds. The highest BCUT2D eigenvalue weighted by molar-refractivity contribution is 5.96. The van der Waals surface area contributed by atoms with Crippen molar-refractivity contribution in [3.05, 3.63) is 60.0 Å². The summed E-state index contributed by atoms with van der Waals surface area (Å²) in [7, 11) is 0. The smallest absolute Gasteiger partial charge is 0.253 e. The first-order chi connectivity index (χ1) is 17.4. The predicted molar refractivity (Wildman–Crippen MR) is 126 cm³/mol. The predicted octanol–water partition coefficient (Wildman–Crippen LogP) is 0.473. The fourth-order valence-electron chi connectivity index (χ4n) is 6.13. The molecular weight excluding hydrogens is 468 g/mol. The van der Waals surface area contributed by atoms with Crippen LogP contribution in [-0.2, 0) is 25.4 Å². The Hall–Kier alpha value is -2.73. The summed E-state index contributed by atoms with van der Waals surface area (Å²) < 4.78 is 17.2. The number of carbonyl (C=O) groups excluding carboxylic acids is 1. The first kappa shape index (κ1) is 23.7. The lowest BCUT2D eigenvalue weighted by molar-refractivity contribution is -0.339. The molecule has 1 aromatic heterocycles. The molecule has 6 rings (SSSR count). The minimum atomic E-state index is -1.56. The van der Waals surface area contributed by atoms with Crippen molar-refractivity contribution in [3.63, 3.8) is 0 Å². The van der Waals surface area contributed by atoms with Crippen molar-refractivity contribution in [2.75, 3.05) is 13.2 Å².